The molecule has 0 saturated heterocycles. The summed E-state index contributed by atoms with van der Waals surface area (Å²) in [5, 5.41) is 3.96. The molecule has 0 aromatic heterocycles. The zero-order chi connectivity index (χ0) is 15.7. The Kier molecular flexibility index (Phi) is 8.04. The lowest BCUT2D eigenvalue weighted by molar-refractivity contribution is 0.301. The minimum atomic E-state index is 0.502. The van der Waals surface area contributed by atoms with Crippen LogP contribution in [0.5, 0.6) is 11.5 Å². The highest BCUT2D eigenvalue weighted by Gasteiger charge is 2.12. The molecule has 0 aliphatic heterocycles. The largest absolute Gasteiger partial charge is 0.493 e. The van der Waals surface area contributed by atoms with Crippen molar-refractivity contribution < 1.29 is 9.47 Å². The van der Waals surface area contributed by atoms with Gasteiger partial charge < -0.3 is 14.8 Å². The monoisotopic (exact) mass is 309 g/mol. The highest BCUT2D eigenvalue weighted by molar-refractivity contribution is 6.32. The number of methoxy groups -OCH3 is 1. The third-order valence-electron chi connectivity index (χ3n) is 2.82. The molecule has 0 spiro atoms. The van der Waals surface area contributed by atoms with Gasteiger partial charge in [0.05, 0.1) is 18.7 Å². The molecular weight excluding hydrogens is 286 g/mol. The molecule has 0 amide bonds. The van der Waals surface area contributed by atoms with Crippen LogP contribution in [0.3, 0.4) is 0 Å². The topological polar surface area (TPSA) is 30.5 Å². The molecule has 0 aliphatic rings. The minimum absolute atomic E-state index is 0.502. The first-order valence-corrected chi connectivity index (χ1v) is 7.55. The van der Waals surface area contributed by atoms with Crippen molar-refractivity contribution in [3.05, 3.63) is 22.7 Å². The first-order chi connectivity index (χ1) is 10.1. The smallest absolute Gasteiger partial charge is 0.179 e. The van der Waals surface area contributed by atoms with Gasteiger partial charge in [-0.25, -0.2) is 0 Å². The molecule has 1 rings (SSSR count). The van der Waals surface area contributed by atoms with Crippen LogP contribution in [0.25, 0.3) is 0 Å². The fourth-order valence-electron chi connectivity index (χ4n) is 1.85. The van der Waals surface area contributed by atoms with Crippen LogP contribution >= 0.6 is 11.6 Å². The van der Waals surface area contributed by atoms with Crippen molar-refractivity contribution in [1.29, 1.82) is 0 Å². The Morgan fingerprint density at radius 3 is 2.71 bits per heavy atom. The summed E-state index contributed by atoms with van der Waals surface area (Å²) in [6.07, 6.45) is 0.674. The van der Waals surface area contributed by atoms with Crippen molar-refractivity contribution in [3.63, 3.8) is 0 Å². The second kappa shape index (κ2) is 9.55. The zero-order valence-corrected chi connectivity index (χ0v) is 14.0. The van der Waals surface area contributed by atoms with Crippen molar-refractivity contribution in [2.75, 3.05) is 20.3 Å². The molecule has 1 N–H and O–H groups in total. The third kappa shape index (κ3) is 6.29. The number of hydrogen-bond donors (Lipinski definition) is 1. The maximum absolute atomic E-state index is 6.30. The van der Waals surface area contributed by atoms with Gasteiger partial charge >= 0.3 is 0 Å². The zero-order valence-electron chi connectivity index (χ0n) is 13.3. The lowest BCUT2D eigenvalue weighted by atomic mass is 10.1. The Morgan fingerprint density at radius 2 is 2.10 bits per heavy atom. The Hall–Kier alpha value is -1.37. The van der Waals surface area contributed by atoms with Gasteiger partial charge in [-0.2, -0.15) is 0 Å². The lowest BCUT2D eigenvalue weighted by Gasteiger charge is -2.14. The van der Waals surface area contributed by atoms with Gasteiger partial charge in [-0.15, -0.1) is 11.8 Å². The molecular formula is C17H24ClNO2. The molecule has 0 fully saturated rings. The molecule has 0 aliphatic carbocycles. The van der Waals surface area contributed by atoms with E-state index in [0.717, 1.165) is 18.7 Å². The SMILES string of the molecule is CC#CCCOc1c(Cl)cc(CNCC(C)C)cc1OC. The fourth-order valence-corrected chi connectivity index (χ4v) is 2.14. The summed E-state index contributed by atoms with van der Waals surface area (Å²) < 4.78 is 11.1. The maximum atomic E-state index is 6.30. The number of ether oxygens (including phenoxy) is 2. The van der Waals surface area contributed by atoms with Crippen molar-refractivity contribution in [2.24, 2.45) is 5.92 Å². The van der Waals surface area contributed by atoms with E-state index < -0.39 is 0 Å². The Morgan fingerprint density at radius 1 is 1.33 bits per heavy atom. The van der Waals surface area contributed by atoms with Gasteiger partial charge in [0.25, 0.3) is 0 Å². The summed E-state index contributed by atoms with van der Waals surface area (Å²) in [7, 11) is 1.62. The second-order valence-corrected chi connectivity index (χ2v) is 5.57. The summed E-state index contributed by atoms with van der Waals surface area (Å²) in [5.74, 6) is 7.66. The number of nitrogens with one attached hydrogen (secondary N) is 1. The summed E-state index contributed by atoms with van der Waals surface area (Å²) in [5.41, 5.74) is 1.08. The molecule has 0 saturated carbocycles. The van der Waals surface area contributed by atoms with E-state index in [4.69, 9.17) is 21.1 Å². The van der Waals surface area contributed by atoms with E-state index in [-0.39, 0.29) is 0 Å². The molecule has 0 radical (unpaired) electrons. The average Bonchev–Trinajstić information content (AvgIpc) is 2.44. The number of benzene rings is 1. The van der Waals surface area contributed by atoms with Crippen LogP contribution in [0.4, 0.5) is 0 Å². The normalized spacial score (nSPS) is 10.2. The van der Waals surface area contributed by atoms with Crippen LogP contribution in [0.15, 0.2) is 12.1 Å². The van der Waals surface area contributed by atoms with Gasteiger partial charge in [0.2, 0.25) is 0 Å². The van der Waals surface area contributed by atoms with E-state index in [0.29, 0.717) is 35.5 Å². The molecule has 0 bridgehead atoms. The highest BCUT2D eigenvalue weighted by atomic mass is 35.5. The molecule has 21 heavy (non-hydrogen) atoms. The summed E-state index contributed by atoms with van der Waals surface area (Å²) in [6.45, 7) is 8.39. The van der Waals surface area contributed by atoms with Crippen LogP contribution in [0, 0.1) is 17.8 Å². The molecule has 0 heterocycles. The van der Waals surface area contributed by atoms with Crippen molar-refractivity contribution in [1.82, 2.24) is 5.32 Å². The number of halogens is 1. The van der Waals surface area contributed by atoms with E-state index >= 15 is 0 Å². The summed E-state index contributed by atoms with van der Waals surface area (Å²) in [6, 6.07) is 3.87. The molecule has 1 aromatic carbocycles. The maximum Gasteiger partial charge on any atom is 0.179 e. The lowest BCUT2D eigenvalue weighted by Crippen LogP contribution is -2.19. The molecule has 4 heteroatoms. The Labute approximate surface area is 133 Å². The van der Waals surface area contributed by atoms with E-state index in [1.54, 1.807) is 7.11 Å². The van der Waals surface area contributed by atoms with Crippen LogP contribution < -0.4 is 14.8 Å². The number of hydrogen-bond acceptors (Lipinski definition) is 3. The standard InChI is InChI=1S/C17H24ClNO2/c1-5-6-7-8-21-17-15(18)9-14(10-16(17)20-4)12-19-11-13(2)3/h9-10,13,19H,7-8,11-12H2,1-4H3. The van der Waals surface area contributed by atoms with Gasteiger partial charge in [-0.05, 0) is 37.1 Å². The molecule has 0 atom stereocenters. The van der Waals surface area contributed by atoms with Crippen LogP contribution in [0.2, 0.25) is 5.02 Å². The Bertz CT molecular complexity index is 503. The predicted molar refractivity (Wildman–Crippen MR) is 88.1 cm³/mol. The highest BCUT2D eigenvalue weighted by Crippen LogP contribution is 2.36. The fraction of sp³-hybridized carbons (Fsp3) is 0.529. The quantitative estimate of drug-likeness (QED) is 0.584. The van der Waals surface area contributed by atoms with Crippen LogP contribution in [-0.2, 0) is 6.54 Å². The van der Waals surface area contributed by atoms with Crippen LogP contribution in [0.1, 0.15) is 32.8 Å². The molecule has 3 nitrogen and oxygen atoms in total. The van der Waals surface area contributed by atoms with E-state index in [2.05, 4.69) is 31.0 Å². The van der Waals surface area contributed by atoms with Gasteiger partial charge in [-0.3, -0.25) is 0 Å². The van der Waals surface area contributed by atoms with Crippen LogP contribution in [-0.4, -0.2) is 20.3 Å². The van der Waals surface area contributed by atoms with Gasteiger partial charge in [0.15, 0.2) is 11.5 Å². The van der Waals surface area contributed by atoms with E-state index in [1.165, 1.54) is 0 Å². The second-order valence-electron chi connectivity index (χ2n) is 5.16. The minimum Gasteiger partial charge on any atom is -0.493 e. The van der Waals surface area contributed by atoms with E-state index in [9.17, 15) is 0 Å². The van der Waals surface area contributed by atoms with Crippen molar-refractivity contribution >= 4 is 11.6 Å². The predicted octanol–water partition coefficient (Wildman–Crippen LogP) is 3.89. The van der Waals surface area contributed by atoms with Gasteiger partial charge in [0.1, 0.15) is 0 Å². The van der Waals surface area contributed by atoms with Gasteiger partial charge in [0, 0.05) is 13.0 Å². The first-order valence-electron chi connectivity index (χ1n) is 7.18. The first kappa shape index (κ1) is 17.7. The molecule has 0 unspecified atom stereocenters. The van der Waals surface area contributed by atoms with E-state index in [1.807, 2.05) is 19.1 Å². The molecule has 116 valence electrons. The number of rotatable bonds is 8. The Balaban J connectivity index is 2.73. The summed E-state index contributed by atoms with van der Waals surface area (Å²) in [4.78, 5) is 0. The van der Waals surface area contributed by atoms with Gasteiger partial charge in [-0.1, -0.05) is 25.4 Å². The third-order valence-corrected chi connectivity index (χ3v) is 3.10. The van der Waals surface area contributed by atoms with Crippen molar-refractivity contribution in [2.45, 2.75) is 33.7 Å². The van der Waals surface area contributed by atoms with Crippen molar-refractivity contribution in [3.8, 4) is 23.3 Å². The average molecular weight is 310 g/mol. The summed E-state index contributed by atoms with van der Waals surface area (Å²) >= 11 is 6.30. The molecule has 1 aromatic rings.